The van der Waals surface area contributed by atoms with Gasteiger partial charge in [0.25, 0.3) is 0 Å². The fraction of sp³-hybridized carbons (Fsp3) is 0.167. The summed E-state index contributed by atoms with van der Waals surface area (Å²) in [5.74, 6) is -1.08. The predicted octanol–water partition coefficient (Wildman–Crippen LogP) is 2.88. The van der Waals surface area contributed by atoms with Crippen molar-refractivity contribution in [1.82, 2.24) is 4.98 Å². The first-order valence-corrected chi connectivity index (χ1v) is 5.05. The summed E-state index contributed by atoms with van der Waals surface area (Å²) in [6.07, 6.45) is -4.75. The highest BCUT2D eigenvalue weighted by Crippen LogP contribution is 2.30. The van der Waals surface area contributed by atoms with Crippen molar-refractivity contribution in [1.29, 1.82) is 0 Å². The van der Waals surface area contributed by atoms with E-state index in [2.05, 4.69) is 4.98 Å². The van der Waals surface area contributed by atoms with Gasteiger partial charge in [-0.1, -0.05) is 12.1 Å². The van der Waals surface area contributed by atoms with Crippen LogP contribution in [0.5, 0.6) is 0 Å². The van der Waals surface area contributed by atoms with Crippen LogP contribution in [0.1, 0.15) is 11.3 Å². The van der Waals surface area contributed by atoms with Gasteiger partial charge in [0.2, 0.25) is 0 Å². The first kappa shape index (κ1) is 12.3. The number of alkyl halides is 3. The van der Waals surface area contributed by atoms with Crippen molar-refractivity contribution in [2.24, 2.45) is 0 Å². The molecule has 0 aliphatic rings. The molecule has 0 spiro atoms. The number of carboxylic acids is 1. The number of aromatic nitrogens is 1. The Morgan fingerprint density at radius 2 is 1.89 bits per heavy atom. The summed E-state index contributed by atoms with van der Waals surface area (Å²) in [6, 6.07) is 6.25. The minimum Gasteiger partial charge on any atom is -0.481 e. The lowest BCUT2D eigenvalue weighted by Crippen LogP contribution is -2.05. The monoisotopic (exact) mass is 255 g/mol. The molecule has 0 radical (unpaired) electrons. The molecular formula is C12H8F3NO2. The zero-order chi connectivity index (χ0) is 13.3. The van der Waals surface area contributed by atoms with E-state index in [-0.39, 0.29) is 17.6 Å². The van der Waals surface area contributed by atoms with E-state index in [4.69, 9.17) is 5.11 Å². The second-order valence-corrected chi connectivity index (χ2v) is 3.78. The van der Waals surface area contributed by atoms with Crippen LogP contribution in [-0.4, -0.2) is 16.1 Å². The standard InChI is InChI=1S/C12H8F3NO2/c13-12(14,15)8-3-1-7-2-4-9(6-11(17)18)16-10(7)5-8/h1-5H,6H2,(H,17,18). The van der Waals surface area contributed by atoms with Crippen LogP contribution in [-0.2, 0) is 17.4 Å². The number of halogens is 3. The van der Waals surface area contributed by atoms with Gasteiger partial charge in [0.05, 0.1) is 23.2 Å². The Bertz CT molecular complexity index is 608. The molecular weight excluding hydrogens is 247 g/mol. The Morgan fingerprint density at radius 1 is 1.22 bits per heavy atom. The maximum atomic E-state index is 12.5. The van der Waals surface area contributed by atoms with E-state index < -0.39 is 17.7 Å². The molecule has 0 bridgehead atoms. The molecule has 0 saturated heterocycles. The average molecular weight is 255 g/mol. The Morgan fingerprint density at radius 3 is 2.50 bits per heavy atom. The van der Waals surface area contributed by atoms with Crippen molar-refractivity contribution in [2.75, 3.05) is 0 Å². The SMILES string of the molecule is O=C(O)Cc1ccc2ccc(C(F)(F)F)cc2n1. The molecule has 94 valence electrons. The summed E-state index contributed by atoms with van der Waals surface area (Å²) >= 11 is 0. The maximum Gasteiger partial charge on any atom is 0.416 e. The lowest BCUT2D eigenvalue weighted by atomic mass is 10.1. The van der Waals surface area contributed by atoms with Gasteiger partial charge in [-0.25, -0.2) is 0 Å². The van der Waals surface area contributed by atoms with Gasteiger partial charge >= 0.3 is 12.1 Å². The number of carboxylic acid groups (broad SMARTS) is 1. The molecule has 1 aromatic heterocycles. The van der Waals surface area contributed by atoms with Crippen LogP contribution in [0.3, 0.4) is 0 Å². The lowest BCUT2D eigenvalue weighted by molar-refractivity contribution is -0.138. The molecule has 0 saturated carbocycles. The summed E-state index contributed by atoms with van der Waals surface area (Å²) in [6.45, 7) is 0. The normalized spacial score (nSPS) is 11.7. The molecule has 0 aliphatic carbocycles. The molecule has 0 fully saturated rings. The average Bonchev–Trinajstić information content (AvgIpc) is 2.26. The fourth-order valence-corrected chi connectivity index (χ4v) is 1.59. The maximum absolute atomic E-state index is 12.5. The van der Waals surface area contributed by atoms with Gasteiger partial charge in [-0.3, -0.25) is 9.78 Å². The van der Waals surface area contributed by atoms with Crippen LogP contribution >= 0.6 is 0 Å². The minimum absolute atomic E-state index is 0.142. The highest BCUT2D eigenvalue weighted by Gasteiger charge is 2.30. The van der Waals surface area contributed by atoms with Gasteiger partial charge in [0, 0.05) is 5.39 Å². The number of rotatable bonds is 2. The zero-order valence-corrected chi connectivity index (χ0v) is 9.03. The molecule has 1 heterocycles. The Kier molecular flexibility index (Phi) is 2.94. The van der Waals surface area contributed by atoms with Crippen LogP contribution in [0, 0.1) is 0 Å². The summed E-state index contributed by atoms with van der Waals surface area (Å²) in [5.41, 5.74) is -0.423. The third-order valence-corrected chi connectivity index (χ3v) is 2.41. The molecule has 2 aromatic rings. The van der Waals surface area contributed by atoms with E-state index in [9.17, 15) is 18.0 Å². The minimum atomic E-state index is -4.43. The molecule has 1 aromatic carbocycles. The molecule has 0 atom stereocenters. The van der Waals surface area contributed by atoms with Gasteiger partial charge in [-0.2, -0.15) is 13.2 Å². The van der Waals surface area contributed by atoms with Gasteiger partial charge in [0.15, 0.2) is 0 Å². The van der Waals surface area contributed by atoms with Gasteiger partial charge < -0.3 is 5.11 Å². The van der Waals surface area contributed by atoms with E-state index in [0.29, 0.717) is 5.39 Å². The predicted molar refractivity (Wildman–Crippen MR) is 58.1 cm³/mol. The summed E-state index contributed by atoms with van der Waals surface area (Å²) in [5, 5.41) is 9.14. The Labute approximate surface area is 99.9 Å². The van der Waals surface area contributed by atoms with E-state index in [0.717, 1.165) is 12.1 Å². The van der Waals surface area contributed by atoms with Crippen molar-refractivity contribution in [2.45, 2.75) is 12.6 Å². The van der Waals surface area contributed by atoms with Gasteiger partial charge in [-0.15, -0.1) is 0 Å². The first-order valence-electron chi connectivity index (χ1n) is 5.05. The summed E-state index contributed by atoms with van der Waals surface area (Å²) in [4.78, 5) is 14.4. The first-order chi connectivity index (χ1) is 8.36. The third-order valence-electron chi connectivity index (χ3n) is 2.41. The van der Waals surface area contributed by atoms with Crippen LogP contribution in [0.25, 0.3) is 10.9 Å². The number of aliphatic carboxylic acids is 1. The highest BCUT2D eigenvalue weighted by atomic mass is 19.4. The van der Waals surface area contributed by atoms with Crippen LogP contribution in [0.15, 0.2) is 30.3 Å². The number of fused-ring (bicyclic) bond motifs is 1. The molecule has 18 heavy (non-hydrogen) atoms. The van der Waals surface area contributed by atoms with Gasteiger partial charge in [-0.05, 0) is 18.2 Å². The summed E-state index contributed by atoms with van der Waals surface area (Å²) < 4.78 is 37.5. The number of pyridine rings is 1. The van der Waals surface area contributed by atoms with E-state index in [1.807, 2.05) is 0 Å². The van der Waals surface area contributed by atoms with Crippen molar-refractivity contribution in [3.63, 3.8) is 0 Å². The van der Waals surface area contributed by atoms with Crippen LogP contribution in [0.2, 0.25) is 0 Å². The van der Waals surface area contributed by atoms with Crippen molar-refractivity contribution < 1.29 is 23.1 Å². The number of nitrogens with zero attached hydrogens (tertiary/aromatic N) is 1. The number of benzene rings is 1. The molecule has 1 N–H and O–H groups in total. The highest BCUT2D eigenvalue weighted by molar-refractivity contribution is 5.80. The molecule has 3 nitrogen and oxygen atoms in total. The Balaban J connectivity index is 2.50. The smallest absolute Gasteiger partial charge is 0.416 e. The zero-order valence-electron chi connectivity index (χ0n) is 9.03. The second-order valence-electron chi connectivity index (χ2n) is 3.78. The molecule has 0 aliphatic heterocycles. The van der Waals surface area contributed by atoms with Crippen LogP contribution in [0.4, 0.5) is 13.2 Å². The van der Waals surface area contributed by atoms with Crippen molar-refractivity contribution in [3.05, 3.63) is 41.6 Å². The molecule has 0 amide bonds. The van der Waals surface area contributed by atoms with E-state index in [1.54, 1.807) is 6.07 Å². The Hall–Kier alpha value is -2.11. The number of hydrogen-bond donors (Lipinski definition) is 1. The van der Waals surface area contributed by atoms with Crippen molar-refractivity contribution >= 4 is 16.9 Å². The lowest BCUT2D eigenvalue weighted by Gasteiger charge is -2.07. The largest absolute Gasteiger partial charge is 0.481 e. The van der Waals surface area contributed by atoms with E-state index >= 15 is 0 Å². The second kappa shape index (κ2) is 4.29. The topological polar surface area (TPSA) is 50.2 Å². The van der Waals surface area contributed by atoms with Gasteiger partial charge in [0.1, 0.15) is 0 Å². The number of carbonyl (C=O) groups is 1. The third kappa shape index (κ3) is 2.58. The molecule has 6 heteroatoms. The van der Waals surface area contributed by atoms with Crippen molar-refractivity contribution in [3.8, 4) is 0 Å². The molecule has 0 unspecified atom stereocenters. The molecule has 2 rings (SSSR count). The number of hydrogen-bond acceptors (Lipinski definition) is 2. The van der Waals surface area contributed by atoms with Crippen LogP contribution < -0.4 is 0 Å². The quantitative estimate of drug-likeness (QED) is 0.897. The van der Waals surface area contributed by atoms with E-state index in [1.165, 1.54) is 12.1 Å². The fourth-order valence-electron chi connectivity index (χ4n) is 1.59. The summed E-state index contributed by atoms with van der Waals surface area (Å²) in [7, 11) is 0.